The number of hydrogen-bond donors (Lipinski definition) is 3. The Labute approximate surface area is 117 Å². The first-order valence-corrected chi connectivity index (χ1v) is 6.39. The van der Waals surface area contributed by atoms with Gasteiger partial charge >= 0.3 is 5.69 Å². The number of fused-ring (bicyclic) bond motifs is 4. The highest BCUT2D eigenvalue weighted by Crippen LogP contribution is 2.48. The number of aliphatic hydroxyl groups excluding tert-OH is 2. The Morgan fingerprint density at radius 1 is 1.43 bits per heavy atom. The fourth-order valence-electron chi connectivity index (χ4n) is 3.24. The lowest BCUT2D eigenvalue weighted by molar-refractivity contribution is -0.185. The van der Waals surface area contributed by atoms with Crippen molar-refractivity contribution in [2.75, 3.05) is 6.61 Å². The van der Waals surface area contributed by atoms with E-state index in [2.05, 4.69) is 0 Å². The van der Waals surface area contributed by atoms with E-state index >= 15 is 0 Å². The summed E-state index contributed by atoms with van der Waals surface area (Å²) in [5, 5.41) is 30.4. The summed E-state index contributed by atoms with van der Waals surface area (Å²) >= 11 is 0. The zero-order valence-electron chi connectivity index (χ0n) is 11.4. The summed E-state index contributed by atoms with van der Waals surface area (Å²) in [7, 11) is 0. The summed E-state index contributed by atoms with van der Waals surface area (Å²) in [5.74, 6) is -1.17. The van der Waals surface area contributed by atoms with Crippen molar-refractivity contribution in [2.24, 2.45) is 0 Å². The smallest absolute Gasteiger partial charge is 0.334 e. The molecule has 2 bridgehead atoms. The van der Waals surface area contributed by atoms with Crippen LogP contribution in [0, 0.1) is 5.82 Å². The highest BCUT2D eigenvalue weighted by molar-refractivity contribution is 5.17. The predicted octanol–water partition coefficient (Wildman–Crippen LogP) is -2.12. The standard InChI is InChI=1S/C12H15FN2O6/c1-11(2)12(20)7(17)6(4-16)21-9(12)14-3-5(13)8(18)15(11)10(14)19/h3,6-7,9,16-17,20H,4H2,1-2H3/t6-,7-,9-,12-/m1/s1. The van der Waals surface area contributed by atoms with Crippen LogP contribution in [0.3, 0.4) is 0 Å². The van der Waals surface area contributed by atoms with Crippen LogP contribution in [0.15, 0.2) is 15.8 Å². The third-order valence-corrected chi connectivity index (χ3v) is 4.53. The SMILES string of the molecule is CC1(C)n2c(=O)c(F)cn(c2=O)[C@@H]2O[C@H](CO)[C@@H](O)[C@@]21O. The van der Waals surface area contributed by atoms with Gasteiger partial charge in [-0.15, -0.1) is 0 Å². The molecular formula is C12H15FN2O6. The first kappa shape index (κ1) is 14.4. The van der Waals surface area contributed by atoms with Crippen molar-refractivity contribution in [1.82, 2.24) is 9.13 Å². The minimum atomic E-state index is -2.07. The molecule has 4 atom stereocenters. The maximum Gasteiger partial charge on any atom is 0.334 e. The summed E-state index contributed by atoms with van der Waals surface area (Å²) in [5.41, 5.74) is -5.74. The van der Waals surface area contributed by atoms with Crippen molar-refractivity contribution >= 4 is 0 Å². The number of aliphatic hydroxyl groups is 3. The van der Waals surface area contributed by atoms with Gasteiger partial charge in [0.2, 0.25) is 5.82 Å². The van der Waals surface area contributed by atoms with Gasteiger partial charge < -0.3 is 20.1 Å². The molecule has 3 N–H and O–H groups in total. The number of aromatic nitrogens is 2. The van der Waals surface area contributed by atoms with Crippen molar-refractivity contribution < 1.29 is 24.4 Å². The van der Waals surface area contributed by atoms with Crippen LogP contribution in [0.25, 0.3) is 0 Å². The molecule has 0 unspecified atom stereocenters. The molecule has 0 aromatic carbocycles. The van der Waals surface area contributed by atoms with Crippen molar-refractivity contribution in [3.05, 3.63) is 32.9 Å². The lowest BCUT2D eigenvalue weighted by Gasteiger charge is -2.48. The van der Waals surface area contributed by atoms with Gasteiger partial charge in [-0.05, 0) is 13.8 Å². The summed E-state index contributed by atoms with van der Waals surface area (Å²) in [6, 6.07) is 0. The van der Waals surface area contributed by atoms with E-state index in [1.54, 1.807) is 0 Å². The molecule has 0 amide bonds. The van der Waals surface area contributed by atoms with Gasteiger partial charge in [0.25, 0.3) is 5.56 Å². The molecule has 1 aromatic heterocycles. The van der Waals surface area contributed by atoms with E-state index < -0.39 is 53.2 Å². The number of ether oxygens (including phenoxy) is 1. The van der Waals surface area contributed by atoms with Gasteiger partial charge in [-0.1, -0.05) is 0 Å². The second-order valence-corrected chi connectivity index (χ2v) is 5.85. The minimum Gasteiger partial charge on any atom is -0.394 e. The summed E-state index contributed by atoms with van der Waals surface area (Å²) in [4.78, 5) is 24.2. The second-order valence-electron chi connectivity index (χ2n) is 5.85. The number of halogens is 1. The number of rotatable bonds is 1. The molecule has 116 valence electrons. The van der Waals surface area contributed by atoms with Gasteiger partial charge in [-0.25, -0.2) is 9.36 Å². The Bertz CT molecular complexity index is 725. The summed E-state index contributed by atoms with van der Waals surface area (Å²) in [6.45, 7) is 2.06. The molecule has 21 heavy (non-hydrogen) atoms. The second kappa shape index (κ2) is 4.01. The zero-order valence-corrected chi connectivity index (χ0v) is 11.4. The monoisotopic (exact) mass is 302 g/mol. The molecule has 3 rings (SSSR count). The molecule has 9 heteroatoms. The summed E-state index contributed by atoms with van der Waals surface area (Å²) < 4.78 is 20.3. The van der Waals surface area contributed by atoms with Crippen molar-refractivity contribution in [1.29, 1.82) is 0 Å². The maximum absolute atomic E-state index is 13.7. The Morgan fingerprint density at radius 3 is 2.62 bits per heavy atom. The highest BCUT2D eigenvalue weighted by Gasteiger charge is 2.67. The van der Waals surface area contributed by atoms with Crippen molar-refractivity contribution in [3.63, 3.8) is 0 Å². The molecule has 2 aliphatic rings. The third kappa shape index (κ3) is 1.41. The predicted molar refractivity (Wildman–Crippen MR) is 66.2 cm³/mol. The molecule has 0 spiro atoms. The molecule has 3 heterocycles. The Kier molecular flexibility index (Phi) is 2.74. The molecule has 2 aliphatic heterocycles. The van der Waals surface area contributed by atoms with Crippen LogP contribution in [0.1, 0.15) is 20.1 Å². The molecular weight excluding hydrogens is 287 g/mol. The number of hydrogen-bond acceptors (Lipinski definition) is 6. The van der Waals surface area contributed by atoms with Gasteiger partial charge in [-0.3, -0.25) is 9.36 Å². The van der Waals surface area contributed by atoms with Crippen LogP contribution in [0.2, 0.25) is 0 Å². The maximum atomic E-state index is 13.7. The van der Waals surface area contributed by atoms with Gasteiger partial charge in [0.05, 0.1) is 18.3 Å². The highest BCUT2D eigenvalue weighted by atomic mass is 19.1. The van der Waals surface area contributed by atoms with Gasteiger partial charge in [0.1, 0.15) is 12.2 Å². The summed E-state index contributed by atoms with van der Waals surface area (Å²) in [6.07, 6.45) is -3.47. The van der Waals surface area contributed by atoms with E-state index in [-0.39, 0.29) is 0 Å². The van der Waals surface area contributed by atoms with Gasteiger partial charge in [0.15, 0.2) is 11.8 Å². The van der Waals surface area contributed by atoms with E-state index in [1.165, 1.54) is 13.8 Å². The zero-order chi connectivity index (χ0) is 15.7. The largest absolute Gasteiger partial charge is 0.394 e. The molecule has 1 aromatic rings. The van der Waals surface area contributed by atoms with Crippen molar-refractivity contribution in [3.8, 4) is 0 Å². The molecule has 0 radical (unpaired) electrons. The lowest BCUT2D eigenvalue weighted by atomic mass is 9.75. The third-order valence-electron chi connectivity index (χ3n) is 4.53. The first-order chi connectivity index (χ1) is 9.67. The molecule has 0 aliphatic carbocycles. The normalized spacial score (nSPS) is 36.6. The fraction of sp³-hybridized carbons (Fsp3) is 0.667. The van der Waals surface area contributed by atoms with Gasteiger partial charge in [-0.2, -0.15) is 4.39 Å². The van der Waals surface area contributed by atoms with Crippen molar-refractivity contribution in [2.45, 2.75) is 43.4 Å². The van der Waals surface area contributed by atoms with Crippen LogP contribution >= 0.6 is 0 Å². The molecule has 8 nitrogen and oxygen atoms in total. The average Bonchev–Trinajstić information content (AvgIpc) is 2.67. The van der Waals surface area contributed by atoms with Crippen LogP contribution in [0.4, 0.5) is 4.39 Å². The van der Waals surface area contributed by atoms with E-state index in [4.69, 9.17) is 4.74 Å². The van der Waals surface area contributed by atoms with Crippen LogP contribution in [-0.2, 0) is 10.3 Å². The first-order valence-electron chi connectivity index (χ1n) is 6.39. The molecule has 1 saturated heterocycles. The Balaban J connectivity index is 2.38. The molecule has 0 saturated carbocycles. The van der Waals surface area contributed by atoms with E-state index in [1.807, 2.05) is 0 Å². The topological polar surface area (TPSA) is 114 Å². The van der Waals surface area contributed by atoms with E-state index in [0.29, 0.717) is 10.8 Å². The fourth-order valence-corrected chi connectivity index (χ4v) is 3.24. The minimum absolute atomic E-state index is 0.561. The Morgan fingerprint density at radius 2 is 2.05 bits per heavy atom. The average molecular weight is 302 g/mol. The lowest BCUT2D eigenvalue weighted by Crippen LogP contribution is -2.71. The quantitative estimate of drug-likeness (QED) is 0.546. The molecule has 1 fully saturated rings. The van der Waals surface area contributed by atoms with E-state index in [0.717, 1.165) is 4.57 Å². The van der Waals surface area contributed by atoms with Crippen LogP contribution < -0.4 is 11.2 Å². The van der Waals surface area contributed by atoms with Crippen LogP contribution in [-0.4, -0.2) is 48.9 Å². The number of nitrogens with zero attached hydrogens (tertiary/aromatic N) is 2. The Hall–Kier alpha value is -1.55. The van der Waals surface area contributed by atoms with E-state index in [9.17, 15) is 29.3 Å². The van der Waals surface area contributed by atoms with Gasteiger partial charge in [0, 0.05) is 0 Å². The van der Waals surface area contributed by atoms with Crippen LogP contribution in [0.5, 0.6) is 0 Å².